The van der Waals surface area contributed by atoms with Crippen molar-refractivity contribution in [1.82, 2.24) is 10.2 Å². The minimum Gasteiger partial charge on any atom is -0.343 e. The van der Waals surface area contributed by atoms with Crippen molar-refractivity contribution < 1.29 is 18.0 Å². The SMILES string of the molecule is CCCS(=O)(=O)CCN1C(=O)C(CC(C)C)NC(=O)C1C. The Morgan fingerprint density at radius 2 is 1.86 bits per heavy atom. The van der Waals surface area contributed by atoms with E-state index in [1.807, 2.05) is 13.8 Å². The fourth-order valence-corrected chi connectivity index (χ4v) is 3.77. The van der Waals surface area contributed by atoms with Gasteiger partial charge in [-0.25, -0.2) is 8.42 Å². The number of carbonyl (C=O) groups is 2. The fraction of sp³-hybridized carbons (Fsp3) is 0.857. The molecule has 0 aromatic rings. The first-order chi connectivity index (χ1) is 9.68. The molecule has 2 amide bonds. The monoisotopic (exact) mass is 318 g/mol. The molecule has 1 N–H and O–H groups in total. The van der Waals surface area contributed by atoms with Crippen molar-refractivity contribution in [1.29, 1.82) is 0 Å². The van der Waals surface area contributed by atoms with Crippen LogP contribution >= 0.6 is 0 Å². The van der Waals surface area contributed by atoms with Crippen molar-refractivity contribution in [2.45, 2.75) is 52.6 Å². The summed E-state index contributed by atoms with van der Waals surface area (Å²) in [4.78, 5) is 25.7. The Balaban J connectivity index is 2.77. The molecule has 1 fully saturated rings. The van der Waals surface area contributed by atoms with Crippen LogP contribution in [0.3, 0.4) is 0 Å². The highest BCUT2D eigenvalue weighted by Gasteiger charge is 2.38. The van der Waals surface area contributed by atoms with Gasteiger partial charge in [0.05, 0.1) is 5.75 Å². The van der Waals surface area contributed by atoms with Crippen LogP contribution in [-0.4, -0.2) is 55.3 Å². The second-order valence-electron chi connectivity index (χ2n) is 6.05. The molecule has 0 aromatic carbocycles. The Hall–Kier alpha value is -1.11. The molecule has 0 spiro atoms. The lowest BCUT2D eigenvalue weighted by Gasteiger charge is -2.37. The van der Waals surface area contributed by atoms with Gasteiger partial charge in [-0.05, 0) is 25.7 Å². The molecular formula is C14H26N2O4S. The van der Waals surface area contributed by atoms with Gasteiger partial charge in [-0.1, -0.05) is 20.8 Å². The first kappa shape index (κ1) is 17.9. The Labute approximate surface area is 127 Å². The predicted molar refractivity (Wildman–Crippen MR) is 81.5 cm³/mol. The Kier molecular flexibility index (Phi) is 6.19. The van der Waals surface area contributed by atoms with Crippen LogP contribution in [0.1, 0.15) is 40.5 Å². The third-order valence-corrected chi connectivity index (χ3v) is 5.44. The first-order valence-electron chi connectivity index (χ1n) is 7.49. The Morgan fingerprint density at radius 1 is 1.24 bits per heavy atom. The van der Waals surface area contributed by atoms with E-state index in [9.17, 15) is 18.0 Å². The molecule has 1 heterocycles. The van der Waals surface area contributed by atoms with Crippen LogP contribution in [0.25, 0.3) is 0 Å². The molecule has 21 heavy (non-hydrogen) atoms. The maximum Gasteiger partial charge on any atom is 0.245 e. The zero-order chi connectivity index (χ0) is 16.2. The van der Waals surface area contributed by atoms with Crippen LogP contribution in [0.5, 0.6) is 0 Å². The largest absolute Gasteiger partial charge is 0.343 e. The molecule has 0 radical (unpaired) electrons. The minimum absolute atomic E-state index is 0.0847. The fourth-order valence-electron chi connectivity index (χ4n) is 2.47. The van der Waals surface area contributed by atoms with E-state index < -0.39 is 21.9 Å². The number of nitrogens with one attached hydrogen (secondary N) is 1. The van der Waals surface area contributed by atoms with E-state index in [2.05, 4.69) is 5.32 Å². The maximum absolute atomic E-state index is 12.4. The van der Waals surface area contributed by atoms with E-state index in [1.54, 1.807) is 13.8 Å². The molecule has 0 aromatic heterocycles. The van der Waals surface area contributed by atoms with E-state index >= 15 is 0 Å². The van der Waals surface area contributed by atoms with Gasteiger partial charge in [-0.2, -0.15) is 0 Å². The quantitative estimate of drug-likeness (QED) is 0.744. The number of piperazine rings is 1. The summed E-state index contributed by atoms with van der Waals surface area (Å²) < 4.78 is 23.6. The molecule has 0 saturated carbocycles. The molecule has 1 aliphatic rings. The van der Waals surface area contributed by atoms with Crippen molar-refractivity contribution in [3.8, 4) is 0 Å². The molecule has 7 heteroatoms. The van der Waals surface area contributed by atoms with E-state index in [-0.39, 0.29) is 35.8 Å². The van der Waals surface area contributed by atoms with Gasteiger partial charge >= 0.3 is 0 Å². The molecule has 122 valence electrons. The van der Waals surface area contributed by atoms with Crippen molar-refractivity contribution in [3.63, 3.8) is 0 Å². The van der Waals surface area contributed by atoms with Crippen LogP contribution in [0.4, 0.5) is 0 Å². The number of hydrogen-bond donors (Lipinski definition) is 1. The van der Waals surface area contributed by atoms with Gasteiger partial charge in [0.25, 0.3) is 0 Å². The predicted octanol–water partition coefficient (Wildman–Crippen LogP) is 0.573. The summed E-state index contributed by atoms with van der Waals surface area (Å²) in [6.45, 7) is 7.48. The van der Waals surface area contributed by atoms with Crippen molar-refractivity contribution in [2.24, 2.45) is 5.92 Å². The second kappa shape index (κ2) is 7.24. The summed E-state index contributed by atoms with van der Waals surface area (Å²) in [5.74, 6) is -0.0853. The lowest BCUT2D eigenvalue weighted by Crippen LogP contribution is -2.63. The van der Waals surface area contributed by atoms with Crippen LogP contribution in [-0.2, 0) is 19.4 Å². The molecule has 0 bridgehead atoms. The van der Waals surface area contributed by atoms with Crippen LogP contribution in [0.2, 0.25) is 0 Å². The van der Waals surface area contributed by atoms with Crippen molar-refractivity contribution in [3.05, 3.63) is 0 Å². The number of rotatable bonds is 7. The summed E-state index contributed by atoms with van der Waals surface area (Å²) in [6.07, 6.45) is 1.12. The van der Waals surface area contributed by atoms with Gasteiger partial charge in [-0.15, -0.1) is 0 Å². The summed E-state index contributed by atoms with van der Waals surface area (Å²) in [6, 6.07) is -1.15. The van der Waals surface area contributed by atoms with Crippen molar-refractivity contribution >= 4 is 21.7 Å². The topological polar surface area (TPSA) is 83.6 Å². The highest BCUT2D eigenvalue weighted by atomic mass is 32.2. The Bertz CT molecular complexity index is 487. The van der Waals surface area contributed by atoms with Gasteiger partial charge < -0.3 is 10.2 Å². The molecule has 0 aliphatic carbocycles. The highest BCUT2D eigenvalue weighted by Crippen LogP contribution is 2.15. The summed E-state index contributed by atoms with van der Waals surface area (Å²) in [5, 5.41) is 2.72. The van der Waals surface area contributed by atoms with Gasteiger partial charge in [-0.3, -0.25) is 9.59 Å². The maximum atomic E-state index is 12.4. The molecule has 1 saturated heterocycles. The highest BCUT2D eigenvalue weighted by molar-refractivity contribution is 7.91. The smallest absolute Gasteiger partial charge is 0.245 e. The average Bonchev–Trinajstić information content (AvgIpc) is 2.35. The number of hydrogen-bond acceptors (Lipinski definition) is 4. The number of amides is 2. The average molecular weight is 318 g/mol. The molecule has 6 nitrogen and oxygen atoms in total. The lowest BCUT2D eigenvalue weighted by atomic mass is 9.99. The molecule has 2 unspecified atom stereocenters. The van der Waals surface area contributed by atoms with E-state index in [0.717, 1.165) is 0 Å². The molecule has 1 rings (SSSR count). The minimum atomic E-state index is -3.16. The van der Waals surface area contributed by atoms with Gasteiger partial charge in [0.15, 0.2) is 9.84 Å². The van der Waals surface area contributed by atoms with E-state index in [4.69, 9.17) is 0 Å². The number of sulfone groups is 1. The van der Waals surface area contributed by atoms with Crippen molar-refractivity contribution in [2.75, 3.05) is 18.1 Å². The third kappa shape index (κ3) is 4.98. The number of nitrogens with zero attached hydrogens (tertiary/aromatic N) is 1. The van der Waals surface area contributed by atoms with Gasteiger partial charge in [0.2, 0.25) is 11.8 Å². The Morgan fingerprint density at radius 3 is 2.38 bits per heavy atom. The van der Waals surface area contributed by atoms with E-state index in [1.165, 1.54) is 4.90 Å². The zero-order valence-electron chi connectivity index (χ0n) is 13.3. The van der Waals surface area contributed by atoms with E-state index in [0.29, 0.717) is 12.8 Å². The standard InChI is InChI=1S/C14H26N2O4S/c1-5-7-21(19,20)8-6-16-11(4)13(17)15-12(14(16)18)9-10(2)3/h10-12H,5-9H2,1-4H3,(H,15,17). The lowest BCUT2D eigenvalue weighted by molar-refractivity contribution is -0.148. The summed E-state index contributed by atoms with van der Waals surface area (Å²) in [5.41, 5.74) is 0. The molecule has 1 aliphatic heterocycles. The molecular weight excluding hydrogens is 292 g/mol. The second-order valence-corrected chi connectivity index (χ2v) is 8.35. The van der Waals surface area contributed by atoms with Crippen LogP contribution in [0.15, 0.2) is 0 Å². The zero-order valence-corrected chi connectivity index (χ0v) is 14.1. The normalized spacial score (nSPS) is 23.6. The van der Waals surface area contributed by atoms with Crippen LogP contribution < -0.4 is 5.32 Å². The first-order valence-corrected chi connectivity index (χ1v) is 9.31. The van der Waals surface area contributed by atoms with Crippen LogP contribution in [0, 0.1) is 5.92 Å². The number of carbonyl (C=O) groups excluding carboxylic acids is 2. The third-order valence-electron chi connectivity index (χ3n) is 3.61. The summed E-state index contributed by atoms with van der Waals surface area (Å²) >= 11 is 0. The molecule has 2 atom stereocenters. The summed E-state index contributed by atoms with van der Waals surface area (Å²) in [7, 11) is -3.16. The van der Waals surface area contributed by atoms with Gasteiger partial charge in [0.1, 0.15) is 12.1 Å². The van der Waals surface area contributed by atoms with Gasteiger partial charge in [0, 0.05) is 12.3 Å².